The topological polar surface area (TPSA) is 146 Å². The van der Waals surface area contributed by atoms with Crippen molar-refractivity contribution in [3.8, 4) is 0 Å². The number of hydrogen-bond acceptors (Lipinski definition) is 8. The molecule has 23 heavy (non-hydrogen) atoms. The molecule has 0 aromatic carbocycles. The van der Waals surface area contributed by atoms with Crippen LogP contribution in [0.2, 0.25) is 0 Å². The normalized spacial score (nSPS) is 28.4. The van der Waals surface area contributed by atoms with E-state index in [1.54, 1.807) is 0 Å². The Bertz CT molecular complexity index is 730. The first-order valence-corrected chi connectivity index (χ1v) is 8.01. The van der Waals surface area contributed by atoms with Gasteiger partial charge in [-0.15, -0.1) is 0 Å². The van der Waals surface area contributed by atoms with Crippen LogP contribution in [0.4, 0.5) is 10.2 Å². The van der Waals surface area contributed by atoms with Gasteiger partial charge in [0.25, 0.3) is 6.35 Å². The quantitative estimate of drug-likeness (QED) is 0.622. The summed E-state index contributed by atoms with van der Waals surface area (Å²) < 4.78 is 37.2. The number of fused-ring (bicyclic) bond motifs is 1. The molecule has 1 aliphatic heterocycles. The maximum Gasteiger partial charge on any atom is 0.534 e. The molecule has 0 spiro atoms. The third kappa shape index (κ3) is 2.89. The van der Waals surface area contributed by atoms with Crippen molar-refractivity contribution < 1.29 is 28.4 Å². The predicted molar refractivity (Wildman–Crippen MR) is 75.2 cm³/mol. The van der Waals surface area contributed by atoms with E-state index in [1.807, 2.05) is 0 Å². The van der Waals surface area contributed by atoms with E-state index in [0.717, 1.165) is 0 Å². The summed E-state index contributed by atoms with van der Waals surface area (Å²) >= 11 is 0. The first-order valence-electron chi connectivity index (χ1n) is 6.61. The fourth-order valence-corrected chi connectivity index (χ4v) is 2.77. The van der Waals surface area contributed by atoms with Crippen LogP contribution in [0.3, 0.4) is 0 Å². The molecule has 5 atom stereocenters. The zero-order valence-electron chi connectivity index (χ0n) is 11.7. The average molecular weight is 346 g/mol. The molecule has 12 heteroatoms. The summed E-state index contributed by atoms with van der Waals surface area (Å²) in [5.41, 5.74) is 6.25. The lowest BCUT2D eigenvalue weighted by Gasteiger charge is -2.15. The lowest BCUT2D eigenvalue weighted by atomic mass is 10.1. The summed E-state index contributed by atoms with van der Waals surface area (Å²) in [4.78, 5) is 20.6. The van der Waals surface area contributed by atoms with E-state index >= 15 is 0 Å². The molecule has 2 aromatic rings. The van der Waals surface area contributed by atoms with E-state index in [2.05, 4.69) is 15.0 Å². The molecule has 10 nitrogen and oxygen atoms in total. The maximum atomic E-state index is 14.7. The summed E-state index contributed by atoms with van der Waals surface area (Å²) in [6.07, 6.45) is -3.06. The Balaban J connectivity index is 1.90. The van der Waals surface area contributed by atoms with E-state index < -0.39 is 45.6 Å². The minimum Gasteiger partial charge on any atom is -0.394 e. The van der Waals surface area contributed by atoms with Gasteiger partial charge in [0.15, 0.2) is 23.9 Å². The number of anilines is 1. The molecule has 1 saturated heterocycles. The lowest BCUT2D eigenvalue weighted by Crippen LogP contribution is -2.33. The third-order valence-corrected chi connectivity index (χ3v) is 3.86. The van der Waals surface area contributed by atoms with Crippen LogP contribution in [0.15, 0.2) is 12.7 Å². The molecule has 0 bridgehead atoms. The largest absolute Gasteiger partial charge is 0.534 e. The lowest BCUT2D eigenvalue weighted by molar-refractivity contribution is -0.0545. The molecule has 0 saturated carbocycles. The first-order chi connectivity index (χ1) is 11.0. The van der Waals surface area contributed by atoms with Gasteiger partial charge in [-0.25, -0.2) is 19.3 Å². The monoisotopic (exact) mass is 346 g/mol. The van der Waals surface area contributed by atoms with Crippen molar-refractivity contribution in [1.29, 1.82) is 0 Å². The molecule has 1 aliphatic rings. The molecule has 4 N–H and O–H groups in total. The van der Waals surface area contributed by atoms with Crippen molar-refractivity contribution in [3.63, 3.8) is 0 Å². The van der Waals surface area contributed by atoms with Crippen LogP contribution < -0.4 is 5.73 Å². The number of hydrogen-bond donors (Lipinski definition) is 3. The third-order valence-electron chi connectivity index (χ3n) is 3.49. The smallest absolute Gasteiger partial charge is 0.394 e. The van der Waals surface area contributed by atoms with E-state index in [1.165, 1.54) is 17.2 Å². The Hall–Kier alpha value is -1.78. The molecule has 0 amide bonds. The van der Waals surface area contributed by atoms with Crippen LogP contribution in [-0.4, -0.2) is 60.9 Å². The van der Waals surface area contributed by atoms with E-state index in [9.17, 15) is 14.1 Å². The second-order valence-corrected chi connectivity index (χ2v) is 5.85. The number of alkyl halides is 1. The number of aliphatic hydroxyl groups is 1. The number of rotatable bonds is 5. The molecule has 3 rings (SSSR count). The summed E-state index contributed by atoms with van der Waals surface area (Å²) in [5, 5.41) is 9.31. The van der Waals surface area contributed by atoms with Crippen LogP contribution >= 0.6 is 8.03 Å². The van der Waals surface area contributed by atoms with Crippen molar-refractivity contribution >= 4 is 25.0 Å². The Kier molecular flexibility index (Phi) is 4.46. The average Bonchev–Trinajstić information content (AvgIpc) is 3.07. The highest BCUT2D eigenvalue weighted by molar-refractivity contribution is 7.37. The molecular weight excluding hydrogens is 332 g/mol. The zero-order chi connectivity index (χ0) is 16.6. The van der Waals surface area contributed by atoms with Gasteiger partial charge in [-0.05, 0) is 4.57 Å². The van der Waals surface area contributed by atoms with Crippen molar-refractivity contribution in [2.45, 2.75) is 24.6 Å². The Morgan fingerprint density at radius 3 is 2.96 bits per heavy atom. The van der Waals surface area contributed by atoms with Crippen LogP contribution in [0.5, 0.6) is 0 Å². The Labute approximate surface area is 129 Å². The summed E-state index contributed by atoms with van der Waals surface area (Å²) in [6.45, 7) is -0.506. The minimum atomic E-state index is -2.58. The zero-order valence-corrected chi connectivity index (χ0v) is 12.6. The van der Waals surface area contributed by atoms with Gasteiger partial charge >= 0.3 is 8.03 Å². The van der Waals surface area contributed by atoms with Gasteiger partial charge < -0.3 is 20.3 Å². The van der Waals surface area contributed by atoms with Crippen molar-refractivity contribution in [2.24, 2.45) is 0 Å². The van der Waals surface area contributed by atoms with Crippen LogP contribution in [0.25, 0.3) is 11.2 Å². The van der Waals surface area contributed by atoms with Gasteiger partial charge in [0, 0.05) is 0 Å². The van der Waals surface area contributed by atoms with Crippen LogP contribution in [0, 0.1) is 0 Å². The predicted octanol–water partition coefficient (Wildman–Crippen LogP) is -0.286. The van der Waals surface area contributed by atoms with Crippen LogP contribution in [-0.2, 0) is 14.0 Å². The van der Waals surface area contributed by atoms with Crippen molar-refractivity contribution in [3.05, 3.63) is 12.7 Å². The first kappa shape index (κ1) is 16.1. The van der Waals surface area contributed by atoms with Gasteiger partial charge in [0.05, 0.1) is 12.9 Å². The number of ether oxygens (including phenoxy) is 2. The fourth-order valence-electron chi connectivity index (χ4n) is 2.47. The number of aromatic nitrogens is 4. The van der Waals surface area contributed by atoms with E-state index in [0.29, 0.717) is 5.52 Å². The molecule has 1 fully saturated rings. The number of aliphatic hydroxyl groups excluding tert-OH is 1. The SMILES string of the molecule is Nc1ncnc2c1ncn2[C@@H]1O[C@H](CO)C(OC[P+](=O)O)C1F. The van der Waals surface area contributed by atoms with Crippen molar-refractivity contribution in [2.75, 3.05) is 18.7 Å². The van der Waals surface area contributed by atoms with Gasteiger partial charge in [0.2, 0.25) is 0 Å². The van der Waals surface area contributed by atoms with E-state index in [-0.39, 0.29) is 11.5 Å². The van der Waals surface area contributed by atoms with Gasteiger partial charge in [-0.1, -0.05) is 0 Å². The number of nitrogens with zero attached hydrogens (tertiary/aromatic N) is 4. The number of halogens is 1. The molecule has 2 aromatic heterocycles. The van der Waals surface area contributed by atoms with Gasteiger partial charge in [-0.3, -0.25) is 4.57 Å². The second-order valence-electron chi connectivity index (χ2n) is 4.89. The van der Waals surface area contributed by atoms with Gasteiger partial charge in [-0.2, -0.15) is 4.89 Å². The summed E-state index contributed by atoms with van der Waals surface area (Å²) in [7, 11) is -2.58. The maximum absolute atomic E-state index is 14.7. The number of imidazole rings is 1. The highest BCUT2D eigenvalue weighted by atomic mass is 31.1. The Morgan fingerprint density at radius 2 is 2.26 bits per heavy atom. The molecule has 3 heterocycles. The highest BCUT2D eigenvalue weighted by Crippen LogP contribution is 2.36. The van der Waals surface area contributed by atoms with Crippen LogP contribution in [0.1, 0.15) is 6.23 Å². The number of nitrogen functional groups attached to an aromatic ring is 1. The molecular formula is C11H14FN5O5P+. The highest BCUT2D eigenvalue weighted by Gasteiger charge is 2.48. The molecule has 124 valence electrons. The Morgan fingerprint density at radius 1 is 1.48 bits per heavy atom. The molecule has 3 unspecified atom stereocenters. The standard InChI is InChI=1S/C11H13FN5O5P/c12-6-8(21-4-23(19)20)5(1-18)22-11(6)17-3-16-7-9(13)14-2-15-10(7)17/h2-3,5-6,8,11,18H,1,4H2,(H2-,13,14,15,19,20)/p+1/t5-,6?,8?,11-/m1/s1. The van der Waals surface area contributed by atoms with E-state index in [4.69, 9.17) is 20.1 Å². The minimum absolute atomic E-state index is 0.144. The molecule has 0 aliphatic carbocycles. The summed E-state index contributed by atoms with van der Waals surface area (Å²) in [6, 6.07) is 0. The van der Waals surface area contributed by atoms with Crippen molar-refractivity contribution in [1.82, 2.24) is 19.5 Å². The molecule has 0 radical (unpaired) electrons. The summed E-state index contributed by atoms with van der Waals surface area (Å²) in [5.74, 6) is 0.144. The van der Waals surface area contributed by atoms with Gasteiger partial charge in [0.1, 0.15) is 24.1 Å². The second kappa shape index (κ2) is 6.38. The fraction of sp³-hybridized carbons (Fsp3) is 0.545. The number of nitrogens with two attached hydrogens (primary N) is 1.